The van der Waals surface area contributed by atoms with Crippen LogP contribution in [0.5, 0.6) is 0 Å². The Morgan fingerprint density at radius 1 is 1.46 bits per heavy atom. The average molecular weight is 232 g/mol. The van der Waals surface area contributed by atoms with Gasteiger partial charge in [-0.3, -0.25) is 13.3 Å². The molecule has 80 valence electrons. The topological polar surface area (TPSA) is 101 Å². The van der Waals surface area contributed by atoms with Gasteiger partial charge in [0.25, 0.3) is 10.1 Å². The third-order valence-electron chi connectivity index (χ3n) is 1.70. The largest absolute Gasteiger partial charge is 0.301 e. The standard InChI is InChI=1S/C5H12O6S2/c1-4(3-11-12(6)7)5(2)13(8,9)10/h4-5H,3H2,1-2H3,(H,6,7)(H,8,9,10). The van der Waals surface area contributed by atoms with Crippen molar-refractivity contribution in [2.24, 2.45) is 5.92 Å². The van der Waals surface area contributed by atoms with E-state index in [0.717, 1.165) is 0 Å². The van der Waals surface area contributed by atoms with Crippen molar-refractivity contribution in [3.05, 3.63) is 0 Å². The van der Waals surface area contributed by atoms with Gasteiger partial charge in [0, 0.05) is 0 Å². The van der Waals surface area contributed by atoms with Crippen LogP contribution in [0.3, 0.4) is 0 Å². The highest BCUT2D eigenvalue weighted by Gasteiger charge is 2.24. The zero-order valence-electron chi connectivity index (χ0n) is 7.21. The summed E-state index contributed by atoms with van der Waals surface area (Å²) >= 11 is -2.41. The van der Waals surface area contributed by atoms with Gasteiger partial charge in [0.15, 0.2) is 0 Å². The van der Waals surface area contributed by atoms with E-state index in [-0.39, 0.29) is 6.61 Å². The van der Waals surface area contributed by atoms with Crippen molar-refractivity contribution in [2.75, 3.05) is 6.61 Å². The third-order valence-corrected chi connectivity index (χ3v) is 3.44. The van der Waals surface area contributed by atoms with E-state index < -0.39 is 32.6 Å². The first-order valence-corrected chi connectivity index (χ1v) is 5.99. The molecule has 0 saturated heterocycles. The minimum absolute atomic E-state index is 0.204. The van der Waals surface area contributed by atoms with E-state index in [1.807, 2.05) is 0 Å². The second-order valence-electron chi connectivity index (χ2n) is 2.70. The van der Waals surface area contributed by atoms with E-state index in [9.17, 15) is 12.6 Å². The zero-order chi connectivity index (χ0) is 10.6. The Kier molecular flexibility index (Phi) is 5.00. The molecule has 8 heteroatoms. The molecule has 0 aromatic rings. The van der Waals surface area contributed by atoms with Crippen LogP contribution in [0.2, 0.25) is 0 Å². The van der Waals surface area contributed by atoms with Gasteiger partial charge in [0.05, 0.1) is 11.9 Å². The molecule has 6 nitrogen and oxygen atoms in total. The fourth-order valence-electron chi connectivity index (χ4n) is 0.595. The van der Waals surface area contributed by atoms with Crippen LogP contribution in [0.25, 0.3) is 0 Å². The molecule has 0 aliphatic carbocycles. The van der Waals surface area contributed by atoms with Crippen LogP contribution < -0.4 is 0 Å². The van der Waals surface area contributed by atoms with Gasteiger partial charge >= 0.3 is 11.4 Å². The summed E-state index contributed by atoms with van der Waals surface area (Å²) in [6, 6.07) is 0. The Labute approximate surface area is 79.5 Å². The summed E-state index contributed by atoms with van der Waals surface area (Å²) in [4.78, 5) is 0. The maximum atomic E-state index is 10.6. The van der Waals surface area contributed by atoms with Crippen LogP contribution in [-0.4, -0.2) is 33.6 Å². The summed E-state index contributed by atoms with van der Waals surface area (Å²) in [5, 5.41) is -1.02. The zero-order valence-corrected chi connectivity index (χ0v) is 8.84. The number of hydrogen-bond donors (Lipinski definition) is 2. The van der Waals surface area contributed by atoms with Gasteiger partial charge in [-0.25, -0.2) is 0 Å². The number of hydrogen-bond acceptors (Lipinski definition) is 4. The molecule has 2 N–H and O–H groups in total. The van der Waals surface area contributed by atoms with Crippen molar-refractivity contribution in [3.63, 3.8) is 0 Å². The normalized spacial score (nSPS) is 19.4. The van der Waals surface area contributed by atoms with Crippen LogP contribution in [0.4, 0.5) is 0 Å². The molecule has 0 aromatic heterocycles. The maximum absolute atomic E-state index is 10.6. The SMILES string of the molecule is CC(COS(=O)O)C(C)S(=O)(=O)O. The molecule has 0 amide bonds. The molecule has 3 unspecified atom stereocenters. The molecule has 0 radical (unpaired) electrons. The van der Waals surface area contributed by atoms with Crippen LogP contribution in [0.15, 0.2) is 0 Å². The average Bonchev–Trinajstić information content (AvgIpc) is 1.96. The lowest BCUT2D eigenvalue weighted by Gasteiger charge is -2.15. The maximum Gasteiger partial charge on any atom is 0.301 e. The van der Waals surface area contributed by atoms with Crippen molar-refractivity contribution < 1.29 is 25.9 Å². The first-order chi connectivity index (χ1) is 5.75. The van der Waals surface area contributed by atoms with E-state index >= 15 is 0 Å². The molecule has 0 aliphatic rings. The summed E-state index contributed by atoms with van der Waals surface area (Å²) < 4.78 is 52.3. The Morgan fingerprint density at radius 2 is 1.92 bits per heavy atom. The van der Waals surface area contributed by atoms with Gasteiger partial charge in [0.2, 0.25) is 0 Å². The molecule has 3 atom stereocenters. The minimum Gasteiger partial charge on any atom is -0.285 e. The Balaban J connectivity index is 4.12. The Bertz CT molecular complexity index is 271. The van der Waals surface area contributed by atoms with Gasteiger partial charge in [0.1, 0.15) is 0 Å². The van der Waals surface area contributed by atoms with Gasteiger partial charge in [-0.05, 0) is 12.8 Å². The van der Waals surface area contributed by atoms with Crippen molar-refractivity contribution >= 4 is 21.5 Å². The Hall–Kier alpha value is -0.0200. The van der Waals surface area contributed by atoms with Crippen molar-refractivity contribution in [3.8, 4) is 0 Å². The van der Waals surface area contributed by atoms with Crippen LogP contribution in [0, 0.1) is 5.92 Å². The lowest BCUT2D eigenvalue weighted by molar-refractivity contribution is 0.252. The summed E-state index contributed by atoms with van der Waals surface area (Å²) in [7, 11) is -4.11. The molecule has 0 aromatic carbocycles. The first-order valence-electron chi connectivity index (χ1n) is 3.45. The predicted molar refractivity (Wildman–Crippen MR) is 46.9 cm³/mol. The van der Waals surface area contributed by atoms with Gasteiger partial charge in [-0.1, -0.05) is 6.92 Å². The molecule has 0 spiro atoms. The van der Waals surface area contributed by atoms with Gasteiger partial charge < -0.3 is 0 Å². The second kappa shape index (κ2) is 5.01. The third kappa shape index (κ3) is 5.32. The van der Waals surface area contributed by atoms with Crippen molar-refractivity contribution in [1.82, 2.24) is 0 Å². The van der Waals surface area contributed by atoms with Crippen molar-refractivity contribution in [1.29, 1.82) is 0 Å². The first kappa shape index (κ1) is 13.0. The van der Waals surface area contributed by atoms with Crippen LogP contribution in [0.1, 0.15) is 13.8 Å². The molecular weight excluding hydrogens is 220 g/mol. The molecule has 0 saturated carbocycles. The molecular formula is C5H12O6S2. The lowest BCUT2D eigenvalue weighted by Crippen LogP contribution is -2.27. The predicted octanol–water partition coefficient (Wildman–Crippen LogP) is 0.0521. The molecule has 0 bridgehead atoms. The van der Waals surface area contributed by atoms with Gasteiger partial charge in [-0.2, -0.15) is 12.6 Å². The molecule has 0 fully saturated rings. The van der Waals surface area contributed by atoms with Crippen LogP contribution >= 0.6 is 0 Å². The van der Waals surface area contributed by atoms with E-state index in [4.69, 9.17) is 9.11 Å². The molecule has 0 heterocycles. The summed E-state index contributed by atoms with van der Waals surface area (Å²) in [5.41, 5.74) is 0. The van der Waals surface area contributed by atoms with E-state index in [1.54, 1.807) is 0 Å². The lowest BCUT2D eigenvalue weighted by atomic mass is 10.1. The second-order valence-corrected chi connectivity index (χ2v) is 5.14. The smallest absolute Gasteiger partial charge is 0.285 e. The number of rotatable bonds is 5. The minimum atomic E-state index is -4.11. The van der Waals surface area contributed by atoms with Gasteiger partial charge in [-0.15, -0.1) is 0 Å². The summed E-state index contributed by atoms with van der Waals surface area (Å²) in [6.45, 7) is 2.58. The van der Waals surface area contributed by atoms with Crippen molar-refractivity contribution in [2.45, 2.75) is 19.1 Å². The molecule has 0 rings (SSSR count). The molecule has 13 heavy (non-hydrogen) atoms. The summed E-state index contributed by atoms with van der Waals surface area (Å²) in [6.07, 6.45) is 0. The highest BCUT2D eigenvalue weighted by atomic mass is 32.2. The Morgan fingerprint density at radius 3 is 2.23 bits per heavy atom. The summed E-state index contributed by atoms with van der Waals surface area (Å²) in [5.74, 6) is -0.550. The highest BCUT2D eigenvalue weighted by molar-refractivity contribution is 7.86. The van der Waals surface area contributed by atoms with E-state index in [1.165, 1.54) is 13.8 Å². The van der Waals surface area contributed by atoms with Crippen LogP contribution in [-0.2, 0) is 25.7 Å². The van der Waals surface area contributed by atoms with E-state index in [0.29, 0.717) is 0 Å². The van der Waals surface area contributed by atoms with E-state index in [2.05, 4.69) is 4.18 Å². The molecule has 0 aliphatic heterocycles. The monoisotopic (exact) mass is 232 g/mol. The highest BCUT2D eigenvalue weighted by Crippen LogP contribution is 2.11. The fourth-order valence-corrected chi connectivity index (χ4v) is 1.59. The quantitative estimate of drug-likeness (QED) is 0.513. The fraction of sp³-hybridized carbons (Fsp3) is 1.00.